The summed E-state index contributed by atoms with van der Waals surface area (Å²) in [5.74, 6) is 3.05. The first-order valence-electron chi connectivity index (χ1n) is 41.9. The zero-order valence-corrected chi connectivity index (χ0v) is 74.8. The molecule has 107 heavy (non-hydrogen) atoms. The number of hydrogen-bond donors (Lipinski definition) is 0. The van der Waals surface area contributed by atoms with Crippen LogP contribution in [0.1, 0.15) is 293 Å². The second kappa shape index (κ2) is 76.8. The maximum Gasteiger partial charge on any atom is -0.0149 e. The summed E-state index contributed by atoms with van der Waals surface area (Å²) >= 11 is 0. The molecule has 0 atom stereocenters. The highest BCUT2D eigenvalue weighted by atomic mass is 14.1. The second-order valence-electron chi connectivity index (χ2n) is 22.6. The van der Waals surface area contributed by atoms with Crippen LogP contribution in [-0.2, 0) is 0 Å². The average molecular weight is 1440 g/mol. The minimum Gasteiger partial charge on any atom is -0.0683 e. The molecule has 0 fully saturated rings. The third-order valence-corrected chi connectivity index (χ3v) is 14.8. The van der Waals surface area contributed by atoms with Crippen molar-refractivity contribution in [2.24, 2.45) is 0 Å². The van der Waals surface area contributed by atoms with E-state index < -0.39 is 0 Å². The van der Waals surface area contributed by atoms with Gasteiger partial charge in [0.05, 0.1) is 0 Å². The smallest absolute Gasteiger partial charge is 0.0149 e. The topological polar surface area (TPSA) is 0 Å². The molecule has 0 aliphatic rings. The zero-order valence-electron chi connectivity index (χ0n) is 74.8. The molecule has 586 valence electrons. The van der Waals surface area contributed by atoms with Crippen LogP contribution in [0.5, 0.6) is 0 Å². The van der Waals surface area contributed by atoms with E-state index in [0.29, 0.717) is 29.6 Å². The highest BCUT2D eigenvalue weighted by molar-refractivity contribution is 5.86. The summed E-state index contributed by atoms with van der Waals surface area (Å²) in [4.78, 5) is 0. The average Bonchev–Trinajstić information content (AvgIpc) is 0.746. The number of hydrogen-bond acceptors (Lipinski definition) is 0. The molecule has 0 aromatic heterocycles. The monoisotopic (exact) mass is 1440 g/mol. The molecule has 0 aliphatic carbocycles. The van der Waals surface area contributed by atoms with Gasteiger partial charge in [-0.1, -0.05) is 539 Å². The van der Waals surface area contributed by atoms with Crippen molar-refractivity contribution in [2.75, 3.05) is 0 Å². The summed E-state index contributed by atoms with van der Waals surface area (Å²) in [7, 11) is 0. The summed E-state index contributed by atoms with van der Waals surface area (Å²) in [5, 5.41) is 5.40. The molecule has 0 nitrogen and oxygen atoms in total. The molecular weight excluding hydrogens is 1290 g/mol. The standard InChI is InChI=1S/C18H14.2C15H16.2C13H14.C9H12.12C2H6/c1-3-8-15(9-4-1)17-12-7-13-18(14-17)16-10-5-2-6-11-16;1-12(2)14-10-6-7-11-15(14)13-8-4-3-5-9-13;1-12(2)13-8-10-15(11-9-13)14-6-4-3-5-7-14;1-10(2)12-9-5-7-11-6-3-4-8-13(11)12;1-10(2)12-8-7-11-5-3-4-6-13(11)9-12;1-8(2)9-6-4-3-5-7-9;12*1-2/h1-14H;2*3-12H,1-2H3;2*3-10H,1-2H3;3-8H,1-2H3;12*1-2H3. The Balaban J connectivity index is -0.000000272. The fraction of sp³-hybridized carbons (Fsp3) is 0.364. The van der Waals surface area contributed by atoms with Gasteiger partial charge in [0, 0.05) is 0 Å². The van der Waals surface area contributed by atoms with Gasteiger partial charge < -0.3 is 0 Å². The van der Waals surface area contributed by atoms with Crippen LogP contribution in [0.25, 0.3) is 66.1 Å². The summed E-state index contributed by atoms with van der Waals surface area (Å²) in [5.41, 5.74) is 17.4. The molecule has 0 aliphatic heterocycles. The maximum atomic E-state index is 2.28. The van der Waals surface area contributed by atoms with Gasteiger partial charge >= 0.3 is 0 Å². The van der Waals surface area contributed by atoms with Gasteiger partial charge in [0.25, 0.3) is 0 Å². The van der Waals surface area contributed by atoms with Crippen LogP contribution >= 0.6 is 0 Å². The van der Waals surface area contributed by atoms with Gasteiger partial charge in [-0.15, -0.1) is 0 Å². The Bertz CT molecular complexity index is 3660. The first-order valence-corrected chi connectivity index (χ1v) is 41.9. The van der Waals surface area contributed by atoms with Gasteiger partial charge in [-0.3, -0.25) is 0 Å². The van der Waals surface area contributed by atoms with E-state index in [2.05, 4.69) is 354 Å². The Hall–Kier alpha value is -8.84. The van der Waals surface area contributed by atoms with E-state index in [1.54, 1.807) is 0 Å². The van der Waals surface area contributed by atoms with E-state index in [0.717, 1.165) is 0 Å². The van der Waals surface area contributed by atoms with Crippen molar-refractivity contribution < 1.29 is 0 Å². The minimum absolute atomic E-state index is 0.571. The van der Waals surface area contributed by atoms with Gasteiger partial charge in [-0.05, 0) is 130 Å². The lowest BCUT2D eigenvalue weighted by Gasteiger charge is -2.12. The van der Waals surface area contributed by atoms with Crippen molar-refractivity contribution in [3.8, 4) is 44.5 Å². The molecule has 0 amide bonds. The van der Waals surface area contributed by atoms with Gasteiger partial charge in [0.2, 0.25) is 0 Å². The van der Waals surface area contributed by atoms with E-state index in [4.69, 9.17) is 0 Å². The van der Waals surface area contributed by atoms with E-state index >= 15 is 0 Å². The van der Waals surface area contributed by atoms with Gasteiger partial charge in [0.15, 0.2) is 0 Å². The van der Waals surface area contributed by atoms with Crippen molar-refractivity contribution in [1.82, 2.24) is 0 Å². The Morgan fingerprint density at radius 2 is 0.411 bits per heavy atom. The van der Waals surface area contributed by atoms with Crippen LogP contribution in [0, 0.1) is 0 Å². The minimum atomic E-state index is 0.571. The maximum absolute atomic E-state index is 2.28. The van der Waals surface area contributed by atoms with Crippen molar-refractivity contribution in [1.29, 1.82) is 0 Å². The highest BCUT2D eigenvalue weighted by Crippen LogP contribution is 2.30. The van der Waals surface area contributed by atoms with E-state index in [1.165, 1.54) is 93.9 Å². The van der Waals surface area contributed by atoms with Crippen molar-refractivity contribution in [3.05, 3.63) is 337 Å². The normalized spacial score (nSPS) is 8.89. The summed E-state index contributed by atoms with van der Waals surface area (Å²) in [6.07, 6.45) is 0. The number of rotatable bonds is 9. The van der Waals surface area contributed by atoms with Crippen molar-refractivity contribution in [3.63, 3.8) is 0 Å². The Labute approximate surface area is 664 Å². The van der Waals surface area contributed by atoms with Crippen LogP contribution in [-0.4, -0.2) is 0 Å². The molecule has 0 heteroatoms. The van der Waals surface area contributed by atoms with Gasteiger partial charge in [0.1, 0.15) is 0 Å². The summed E-state index contributed by atoms with van der Waals surface area (Å²) < 4.78 is 0. The molecule has 0 unspecified atom stereocenters. The van der Waals surface area contributed by atoms with Crippen LogP contribution < -0.4 is 0 Å². The second-order valence-corrected chi connectivity index (χ2v) is 22.6. The lowest BCUT2D eigenvalue weighted by Crippen LogP contribution is -1.91. The van der Waals surface area contributed by atoms with Gasteiger partial charge in [-0.2, -0.15) is 0 Å². The number of benzene rings is 12. The molecule has 12 rings (SSSR count). The van der Waals surface area contributed by atoms with E-state index in [9.17, 15) is 0 Å². The zero-order chi connectivity index (χ0) is 82.8. The SMILES string of the molecule is CC.CC.CC.CC.CC.CC.CC.CC.CC.CC.CC.CC.CC(C)c1ccc(-c2ccccc2)cc1.CC(C)c1ccc2ccccc2c1.CC(C)c1cccc2ccccc12.CC(C)c1ccccc1.CC(C)c1ccccc1-c1ccccc1.c1ccc(-c2cccc(-c3ccccc3)c2)cc1. The van der Waals surface area contributed by atoms with E-state index in [1.807, 2.05) is 190 Å². The Kier molecular flexibility index (Phi) is 78.3. The van der Waals surface area contributed by atoms with Gasteiger partial charge in [-0.25, -0.2) is 0 Å². The first kappa shape index (κ1) is 109. The highest BCUT2D eigenvalue weighted by Gasteiger charge is 2.08. The first-order chi connectivity index (χ1) is 52.4. The summed E-state index contributed by atoms with van der Waals surface area (Å²) in [6.45, 7) is 70.3. The molecule has 0 saturated heterocycles. The fourth-order valence-electron chi connectivity index (χ4n) is 9.87. The quantitative estimate of drug-likeness (QED) is 0.135. The van der Waals surface area contributed by atoms with E-state index in [-0.39, 0.29) is 0 Å². The largest absolute Gasteiger partial charge is 0.0683 e. The predicted molar refractivity (Wildman–Crippen MR) is 502 cm³/mol. The molecule has 0 heterocycles. The molecule has 0 saturated carbocycles. The predicted octanol–water partition coefficient (Wildman–Crippen LogP) is 37.0. The van der Waals surface area contributed by atoms with Crippen LogP contribution in [0.4, 0.5) is 0 Å². The molecule has 0 spiro atoms. The Morgan fingerprint density at radius 3 is 0.794 bits per heavy atom. The number of fused-ring (bicyclic) bond motifs is 2. The molecule has 12 aromatic carbocycles. The Morgan fingerprint density at radius 1 is 0.150 bits per heavy atom. The van der Waals surface area contributed by atoms with Crippen LogP contribution in [0.15, 0.2) is 309 Å². The fourth-order valence-corrected chi connectivity index (χ4v) is 9.87. The molecule has 0 N–H and O–H groups in total. The molecule has 0 radical (unpaired) electrons. The molecule has 0 bridgehead atoms. The molecular formula is C107H158. The lowest BCUT2D eigenvalue weighted by atomic mass is 9.93. The summed E-state index contributed by atoms with van der Waals surface area (Å²) in [6, 6.07) is 109. The van der Waals surface area contributed by atoms with Crippen LogP contribution in [0.3, 0.4) is 0 Å². The molecule has 12 aromatic rings. The van der Waals surface area contributed by atoms with Crippen molar-refractivity contribution >= 4 is 21.5 Å². The lowest BCUT2D eigenvalue weighted by molar-refractivity contribution is 0.867. The van der Waals surface area contributed by atoms with Crippen molar-refractivity contribution in [2.45, 2.75) is 265 Å². The third kappa shape index (κ3) is 45.4. The van der Waals surface area contributed by atoms with Crippen LogP contribution in [0.2, 0.25) is 0 Å². The third-order valence-electron chi connectivity index (χ3n) is 14.8.